The standard InChI is InChI=1S/C16H29NO3/c1-3-5-6-7-8-9-10-11-14(16(19)20)15(18)13-17-12-4-2/h12,14H,3-11,13H2,1-2H3,(H,19,20). The molecule has 1 atom stereocenters. The zero-order valence-electron chi connectivity index (χ0n) is 12.9. The number of hydrogen-bond acceptors (Lipinski definition) is 3. The van der Waals surface area contributed by atoms with Crippen molar-refractivity contribution in [3.8, 4) is 0 Å². The maximum absolute atomic E-state index is 11.8. The number of carbonyl (C=O) groups excluding carboxylic acids is 1. The number of carboxylic acid groups (broad SMARTS) is 1. The average Bonchev–Trinajstić information content (AvgIpc) is 2.41. The summed E-state index contributed by atoms with van der Waals surface area (Å²) in [7, 11) is 0. The minimum absolute atomic E-state index is 0.00130. The minimum atomic E-state index is -1.01. The van der Waals surface area contributed by atoms with Crippen LogP contribution in [-0.4, -0.2) is 29.6 Å². The molecular weight excluding hydrogens is 254 g/mol. The van der Waals surface area contributed by atoms with Gasteiger partial charge in [0.2, 0.25) is 0 Å². The molecule has 0 aliphatic rings. The van der Waals surface area contributed by atoms with E-state index < -0.39 is 11.9 Å². The van der Waals surface area contributed by atoms with Crippen LogP contribution in [0.5, 0.6) is 0 Å². The Morgan fingerprint density at radius 1 is 1.05 bits per heavy atom. The van der Waals surface area contributed by atoms with Gasteiger partial charge in [-0.25, -0.2) is 0 Å². The molecule has 0 saturated carbocycles. The van der Waals surface area contributed by atoms with Crippen LogP contribution in [0, 0.1) is 5.92 Å². The Labute approximate surface area is 122 Å². The molecule has 0 radical (unpaired) electrons. The van der Waals surface area contributed by atoms with Crippen molar-refractivity contribution in [2.75, 3.05) is 6.54 Å². The molecule has 0 aromatic heterocycles. The molecule has 0 aromatic rings. The molecule has 116 valence electrons. The fourth-order valence-electron chi connectivity index (χ4n) is 2.12. The Bertz CT molecular complexity index is 300. The highest BCUT2D eigenvalue weighted by Crippen LogP contribution is 2.14. The van der Waals surface area contributed by atoms with Gasteiger partial charge in [0.05, 0.1) is 6.54 Å². The maximum Gasteiger partial charge on any atom is 0.314 e. The van der Waals surface area contributed by atoms with E-state index in [1.54, 1.807) is 6.21 Å². The molecular formula is C16H29NO3. The Kier molecular flexibility index (Phi) is 12.1. The van der Waals surface area contributed by atoms with E-state index in [9.17, 15) is 9.59 Å². The number of nitrogens with zero attached hydrogens (tertiary/aromatic N) is 1. The summed E-state index contributed by atoms with van der Waals surface area (Å²) >= 11 is 0. The van der Waals surface area contributed by atoms with E-state index in [0.29, 0.717) is 6.42 Å². The van der Waals surface area contributed by atoms with Gasteiger partial charge in [-0.2, -0.15) is 0 Å². The van der Waals surface area contributed by atoms with Crippen molar-refractivity contribution in [2.45, 2.75) is 71.6 Å². The van der Waals surface area contributed by atoms with Gasteiger partial charge in [-0.3, -0.25) is 14.6 Å². The Morgan fingerprint density at radius 3 is 2.20 bits per heavy atom. The molecule has 0 bridgehead atoms. The SMILES string of the molecule is CCC=NCC(=O)C(CCCCCCCCC)C(=O)O. The maximum atomic E-state index is 11.8. The summed E-state index contributed by atoms with van der Waals surface area (Å²) in [5, 5.41) is 9.10. The Balaban J connectivity index is 3.88. The summed E-state index contributed by atoms with van der Waals surface area (Å²) in [6.07, 6.45) is 10.8. The molecule has 4 heteroatoms. The highest BCUT2D eigenvalue weighted by Gasteiger charge is 2.24. The Morgan fingerprint density at radius 2 is 1.65 bits per heavy atom. The summed E-state index contributed by atoms with van der Waals surface area (Å²) in [6, 6.07) is 0. The molecule has 0 aliphatic heterocycles. The molecule has 0 amide bonds. The van der Waals surface area contributed by atoms with Crippen LogP contribution in [-0.2, 0) is 9.59 Å². The molecule has 0 aromatic carbocycles. The lowest BCUT2D eigenvalue weighted by atomic mass is 9.96. The number of aliphatic carboxylic acids is 1. The number of aliphatic imine (C=N–C) groups is 1. The van der Waals surface area contributed by atoms with Gasteiger partial charge in [0, 0.05) is 0 Å². The Hall–Kier alpha value is -1.19. The molecule has 1 N–H and O–H groups in total. The number of ketones is 1. The first-order valence-electron chi connectivity index (χ1n) is 7.87. The van der Waals surface area contributed by atoms with Crippen molar-refractivity contribution >= 4 is 18.0 Å². The van der Waals surface area contributed by atoms with E-state index in [2.05, 4.69) is 11.9 Å². The van der Waals surface area contributed by atoms with Crippen molar-refractivity contribution in [1.29, 1.82) is 0 Å². The van der Waals surface area contributed by atoms with E-state index in [0.717, 1.165) is 25.7 Å². The van der Waals surface area contributed by atoms with E-state index in [1.807, 2.05) is 6.92 Å². The summed E-state index contributed by atoms with van der Waals surface area (Å²) in [6.45, 7) is 4.12. The van der Waals surface area contributed by atoms with Crippen molar-refractivity contribution in [3.63, 3.8) is 0 Å². The third-order valence-corrected chi connectivity index (χ3v) is 3.34. The van der Waals surface area contributed by atoms with Gasteiger partial charge in [-0.15, -0.1) is 0 Å². The van der Waals surface area contributed by atoms with E-state index in [-0.39, 0.29) is 12.3 Å². The van der Waals surface area contributed by atoms with Crippen LogP contribution in [0.1, 0.15) is 71.6 Å². The quantitative estimate of drug-likeness (QED) is 0.317. The van der Waals surface area contributed by atoms with Crippen molar-refractivity contribution in [2.24, 2.45) is 10.9 Å². The third kappa shape index (κ3) is 9.70. The highest BCUT2D eigenvalue weighted by molar-refractivity contribution is 5.99. The summed E-state index contributed by atoms with van der Waals surface area (Å²) in [5.41, 5.74) is 0. The fourth-order valence-corrected chi connectivity index (χ4v) is 2.12. The zero-order chi connectivity index (χ0) is 15.2. The fraction of sp³-hybridized carbons (Fsp3) is 0.812. The monoisotopic (exact) mass is 283 g/mol. The smallest absolute Gasteiger partial charge is 0.314 e. The van der Waals surface area contributed by atoms with Gasteiger partial charge in [-0.05, 0) is 19.1 Å². The van der Waals surface area contributed by atoms with Gasteiger partial charge in [0.15, 0.2) is 5.78 Å². The van der Waals surface area contributed by atoms with Gasteiger partial charge in [0.1, 0.15) is 5.92 Å². The zero-order valence-corrected chi connectivity index (χ0v) is 12.9. The molecule has 20 heavy (non-hydrogen) atoms. The van der Waals surface area contributed by atoms with Crippen LogP contribution in [0.4, 0.5) is 0 Å². The van der Waals surface area contributed by atoms with Crippen molar-refractivity contribution in [1.82, 2.24) is 0 Å². The second kappa shape index (κ2) is 12.8. The molecule has 0 fully saturated rings. The lowest BCUT2D eigenvalue weighted by Crippen LogP contribution is -2.25. The van der Waals surface area contributed by atoms with Crippen LogP contribution >= 0.6 is 0 Å². The van der Waals surface area contributed by atoms with E-state index in [1.165, 1.54) is 25.7 Å². The highest BCUT2D eigenvalue weighted by atomic mass is 16.4. The van der Waals surface area contributed by atoms with Crippen LogP contribution < -0.4 is 0 Å². The summed E-state index contributed by atoms with van der Waals surface area (Å²) < 4.78 is 0. The van der Waals surface area contributed by atoms with E-state index in [4.69, 9.17) is 5.11 Å². The largest absolute Gasteiger partial charge is 0.481 e. The lowest BCUT2D eigenvalue weighted by Gasteiger charge is -2.09. The predicted octanol–water partition coefficient (Wildman–Crippen LogP) is 3.88. The first-order chi connectivity index (χ1) is 9.63. The molecule has 0 saturated heterocycles. The number of Topliss-reactive ketones (excluding diaryl/α,β-unsaturated/α-hetero) is 1. The number of hydrogen-bond donors (Lipinski definition) is 1. The number of unbranched alkanes of at least 4 members (excludes halogenated alkanes) is 6. The number of carboxylic acids is 1. The topological polar surface area (TPSA) is 66.7 Å². The van der Waals surface area contributed by atoms with Gasteiger partial charge in [-0.1, -0.05) is 58.8 Å². The molecule has 1 unspecified atom stereocenters. The van der Waals surface area contributed by atoms with Crippen LogP contribution in [0.15, 0.2) is 4.99 Å². The normalized spacial score (nSPS) is 12.7. The van der Waals surface area contributed by atoms with Crippen LogP contribution in [0.2, 0.25) is 0 Å². The average molecular weight is 283 g/mol. The summed E-state index contributed by atoms with van der Waals surface area (Å²) in [5.74, 6) is -2.15. The lowest BCUT2D eigenvalue weighted by molar-refractivity contribution is -0.146. The first kappa shape index (κ1) is 18.8. The van der Waals surface area contributed by atoms with Crippen LogP contribution in [0.3, 0.4) is 0 Å². The third-order valence-electron chi connectivity index (χ3n) is 3.34. The van der Waals surface area contributed by atoms with E-state index >= 15 is 0 Å². The second-order valence-electron chi connectivity index (χ2n) is 5.20. The van der Waals surface area contributed by atoms with Crippen molar-refractivity contribution < 1.29 is 14.7 Å². The second-order valence-corrected chi connectivity index (χ2v) is 5.20. The number of rotatable bonds is 13. The molecule has 4 nitrogen and oxygen atoms in total. The van der Waals surface area contributed by atoms with Gasteiger partial charge < -0.3 is 5.11 Å². The minimum Gasteiger partial charge on any atom is -0.481 e. The first-order valence-corrected chi connectivity index (χ1v) is 7.87. The predicted molar refractivity (Wildman–Crippen MR) is 82.4 cm³/mol. The molecule has 0 spiro atoms. The van der Waals surface area contributed by atoms with Crippen molar-refractivity contribution in [3.05, 3.63) is 0 Å². The summed E-state index contributed by atoms with van der Waals surface area (Å²) in [4.78, 5) is 26.8. The molecule has 0 rings (SSSR count). The van der Waals surface area contributed by atoms with Gasteiger partial charge >= 0.3 is 5.97 Å². The molecule has 0 aliphatic carbocycles. The van der Waals surface area contributed by atoms with Crippen LogP contribution in [0.25, 0.3) is 0 Å². The van der Waals surface area contributed by atoms with Gasteiger partial charge in [0.25, 0.3) is 0 Å². The number of carbonyl (C=O) groups is 2. The molecule has 0 heterocycles.